The molecule has 118 valence electrons. The van der Waals surface area contributed by atoms with Crippen molar-refractivity contribution in [2.75, 3.05) is 19.3 Å². The Morgan fingerprint density at radius 1 is 1.57 bits per heavy atom. The maximum absolute atomic E-state index is 12.4. The molecule has 1 amide bonds. The molecular weight excluding hydrogens is 284 g/mol. The zero-order valence-electron chi connectivity index (χ0n) is 13.4. The Balaban J connectivity index is 1.88. The first-order valence-corrected chi connectivity index (χ1v) is 8.81. The van der Waals surface area contributed by atoms with Crippen molar-refractivity contribution in [3.63, 3.8) is 0 Å². The third-order valence-corrected chi connectivity index (χ3v) is 4.97. The quantitative estimate of drug-likeness (QED) is 0.844. The molecule has 1 aromatic heterocycles. The Kier molecular flexibility index (Phi) is 5.70. The molecule has 1 aliphatic heterocycles. The van der Waals surface area contributed by atoms with Crippen molar-refractivity contribution < 1.29 is 4.79 Å². The number of piperidine rings is 1. The van der Waals surface area contributed by atoms with Crippen molar-refractivity contribution in [3.8, 4) is 0 Å². The first-order chi connectivity index (χ1) is 10.0. The second-order valence-corrected chi connectivity index (χ2v) is 6.71. The molecule has 1 aliphatic rings. The SMILES string of the molecule is CSc1ncc(CNC(=O)[C@@H]2CCCN(C(C)C)C2)n1C. The zero-order valence-corrected chi connectivity index (χ0v) is 14.2. The predicted octanol–water partition coefficient (Wildman–Crippen LogP) is 1.88. The molecule has 1 N–H and O–H groups in total. The summed E-state index contributed by atoms with van der Waals surface area (Å²) in [6.45, 7) is 6.94. The summed E-state index contributed by atoms with van der Waals surface area (Å²) in [6, 6.07) is 0.516. The lowest BCUT2D eigenvalue weighted by Crippen LogP contribution is -2.45. The first kappa shape index (κ1) is 16.4. The van der Waals surface area contributed by atoms with Crippen LogP contribution in [0.2, 0.25) is 0 Å². The fourth-order valence-corrected chi connectivity index (χ4v) is 3.34. The highest BCUT2D eigenvalue weighted by atomic mass is 32.2. The number of nitrogens with zero attached hydrogens (tertiary/aromatic N) is 3. The van der Waals surface area contributed by atoms with Gasteiger partial charge in [0.2, 0.25) is 5.91 Å². The average molecular weight is 310 g/mol. The largest absolute Gasteiger partial charge is 0.350 e. The number of carbonyl (C=O) groups is 1. The van der Waals surface area contributed by atoms with E-state index in [4.69, 9.17) is 0 Å². The predicted molar refractivity (Wildman–Crippen MR) is 86.3 cm³/mol. The Bertz CT molecular complexity index is 486. The van der Waals surface area contributed by atoms with E-state index in [0.717, 1.165) is 36.8 Å². The van der Waals surface area contributed by atoms with Gasteiger partial charge in [-0.05, 0) is 39.5 Å². The Hall–Kier alpha value is -1.01. The molecule has 0 spiro atoms. The number of aromatic nitrogens is 2. The Morgan fingerprint density at radius 2 is 2.33 bits per heavy atom. The van der Waals surface area contributed by atoms with Gasteiger partial charge in [0, 0.05) is 19.6 Å². The molecule has 1 fully saturated rings. The molecule has 0 radical (unpaired) electrons. The second kappa shape index (κ2) is 7.31. The molecule has 21 heavy (non-hydrogen) atoms. The van der Waals surface area contributed by atoms with Crippen molar-refractivity contribution >= 4 is 17.7 Å². The molecule has 0 unspecified atom stereocenters. The molecule has 1 saturated heterocycles. The summed E-state index contributed by atoms with van der Waals surface area (Å²) in [4.78, 5) is 19.1. The number of thioether (sulfide) groups is 1. The number of rotatable bonds is 5. The van der Waals surface area contributed by atoms with E-state index in [0.29, 0.717) is 12.6 Å². The molecule has 0 aromatic carbocycles. The van der Waals surface area contributed by atoms with Crippen LogP contribution in [0.4, 0.5) is 0 Å². The van der Waals surface area contributed by atoms with Gasteiger partial charge in [0.25, 0.3) is 0 Å². The van der Waals surface area contributed by atoms with Gasteiger partial charge in [0.05, 0.1) is 24.4 Å². The highest BCUT2D eigenvalue weighted by Gasteiger charge is 2.26. The maximum atomic E-state index is 12.4. The van der Waals surface area contributed by atoms with E-state index in [1.807, 2.05) is 24.1 Å². The van der Waals surface area contributed by atoms with Gasteiger partial charge in [-0.25, -0.2) is 4.98 Å². The molecule has 1 aromatic rings. The fourth-order valence-electron chi connectivity index (χ4n) is 2.79. The normalized spacial score (nSPS) is 20.0. The summed E-state index contributed by atoms with van der Waals surface area (Å²) < 4.78 is 2.03. The van der Waals surface area contributed by atoms with Crippen LogP contribution in [-0.2, 0) is 18.4 Å². The number of imidazole rings is 1. The van der Waals surface area contributed by atoms with E-state index >= 15 is 0 Å². The van der Waals surface area contributed by atoms with Gasteiger partial charge >= 0.3 is 0 Å². The van der Waals surface area contributed by atoms with Crippen LogP contribution in [0.5, 0.6) is 0 Å². The summed E-state index contributed by atoms with van der Waals surface area (Å²) in [5.74, 6) is 0.293. The average Bonchev–Trinajstić information content (AvgIpc) is 2.85. The number of likely N-dealkylation sites (tertiary alicyclic amines) is 1. The minimum absolute atomic E-state index is 0.120. The number of nitrogens with one attached hydrogen (secondary N) is 1. The smallest absolute Gasteiger partial charge is 0.224 e. The molecule has 1 atom stereocenters. The Morgan fingerprint density at radius 3 is 2.95 bits per heavy atom. The summed E-state index contributed by atoms with van der Waals surface area (Å²) in [5.41, 5.74) is 1.05. The van der Waals surface area contributed by atoms with Gasteiger partial charge in [0.1, 0.15) is 0 Å². The van der Waals surface area contributed by atoms with E-state index in [-0.39, 0.29) is 11.8 Å². The van der Waals surface area contributed by atoms with Crippen LogP contribution in [0.3, 0.4) is 0 Å². The first-order valence-electron chi connectivity index (χ1n) is 7.59. The molecular formula is C15H26N4OS. The van der Waals surface area contributed by atoms with Gasteiger partial charge < -0.3 is 14.8 Å². The van der Waals surface area contributed by atoms with Gasteiger partial charge in [-0.15, -0.1) is 0 Å². The number of hydrogen-bond acceptors (Lipinski definition) is 4. The maximum Gasteiger partial charge on any atom is 0.224 e. The van der Waals surface area contributed by atoms with Crippen LogP contribution < -0.4 is 5.32 Å². The zero-order chi connectivity index (χ0) is 15.4. The van der Waals surface area contributed by atoms with Crippen LogP contribution in [-0.4, -0.2) is 45.7 Å². The van der Waals surface area contributed by atoms with Crippen molar-refractivity contribution in [2.24, 2.45) is 13.0 Å². The number of carbonyl (C=O) groups excluding carboxylic acids is 1. The fraction of sp³-hybridized carbons (Fsp3) is 0.733. The third kappa shape index (κ3) is 4.01. The minimum atomic E-state index is 0.120. The summed E-state index contributed by atoms with van der Waals surface area (Å²) in [6.07, 6.45) is 5.95. The second-order valence-electron chi connectivity index (χ2n) is 5.94. The van der Waals surface area contributed by atoms with Gasteiger partial charge in [0.15, 0.2) is 5.16 Å². The molecule has 6 heteroatoms. The molecule has 0 saturated carbocycles. The molecule has 2 heterocycles. The Labute approximate surface area is 131 Å². The van der Waals surface area contributed by atoms with Crippen molar-refractivity contribution in [2.45, 2.75) is 44.4 Å². The molecule has 2 rings (SSSR count). The van der Waals surface area contributed by atoms with E-state index < -0.39 is 0 Å². The van der Waals surface area contributed by atoms with Crippen LogP contribution >= 0.6 is 11.8 Å². The molecule has 5 nitrogen and oxygen atoms in total. The van der Waals surface area contributed by atoms with E-state index in [2.05, 4.69) is 29.0 Å². The molecule has 0 bridgehead atoms. The summed E-state index contributed by atoms with van der Waals surface area (Å²) in [5, 5.41) is 4.05. The van der Waals surface area contributed by atoms with Gasteiger partial charge in [-0.2, -0.15) is 0 Å². The summed E-state index contributed by atoms with van der Waals surface area (Å²) in [7, 11) is 1.99. The topological polar surface area (TPSA) is 50.2 Å². The lowest BCUT2D eigenvalue weighted by Gasteiger charge is -2.34. The van der Waals surface area contributed by atoms with Crippen molar-refractivity contribution in [3.05, 3.63) is 11.9 Å². The van der Waals surface area contributed by atoms with E-state index in [1.54, 1.807) is 11.8 Å². The van der Waals surface area contributed by atoms with E-state index in [1.165, 1.54) is 0 Å². The molecule has 0 aliphatic carbocycles. The van der Waals surface area contributed by atoms with Gasteiger partial charge in [-0.3, -0.25) is 4.79 Å². The summed E-state index contributed by atoms with van der Waals surface area (Å²) >= 11 is 1.61. The van der Waals surface area contributed by atoms with Crippen LogP contribution in [0.1, 0.15) is 32.4 Å². The lowest BCUT2D eigenvalue weighted by atomic mass is 9.96. The van der Waals surface area contributed by atoms with Crippen molar-refractivity contribution in [1.82, 2.24) is 19.8 Å². The van der Waals surface area contributed by atoms with Gasteiger partial charge in [-0.1, -0.05) is 11.8 Å². The van der Waals surface area contributed by atoms with Crippen LogP contribution in [0.25, 0.3) is 0 Å². The minimum Gasteiger partial charge on any atom is -0.350 e. The highest BCUT2D eigenvalue weighted by Crippen LogP contribution is 2.19. The number of amides is 1. The highest BCUT2D eigenvalue weighted by molar-refractivity contribution is 7.98. The monoisotopic (exact) mass is 310 g/mol. The van der Waals surface area contributed by atoms with Crippen LogP contribution in [0, 0.1) is 5.92 Å². The lowest BCUT2D eigenvalue weighted by molar-refractivity contribution is -0.127. The number of hydrogen-bond donors (Lipinski definition) is 1. The van der Waals surface area contributed by atoms with Crippen molar-refractivity contribution in [1.29, 1.82) is 0 Å². The van der Waals surface area contributed by atoms with Crippen LogP contribution in [0.15, 0.2) is 11.4 Å². The van der Waals surface area contributed by atoms with E-state index in [9.17, 15) is 4.79 Å². The third-order valence-electron chi connectivity index (χ3n) is 4.22. The standard InChI is InChI=1S/C15H26N4OS/c1-11(2)19-7-5-6-12(10-19)14(20)16-8-13-9-17-15(21-4)18(13)3/h9,11-12H,5-8,10H2,1-4H3,(H,16,20)/t12-/m1/s1.